The molecule has 3 aromatic rings. The minimum Gasteiger partial charge on any atom is -0.384 e. The highest BCUT2D eigenvalue weighted by atomic mass is 15.3. The monoisotopic (exact) mass is 278 g/mol. The van der Waals surface area contributed by atoms with Crippen LogP contribution in [-0.2, 0) is 6.42 Å². The molecule has 0 bridgehead atoms. The predicted molar refractivity (Wildman–Crippen MR) is 85.3 cm³/mol. The van der Waals surface area contributed by atoms with Crippen molar-refractivity contribution < 1.29 is 0 Å². The number of nitrogens with zero attached hydrogens (tertiary/aromatic N) is 3. The Labute approximate surface area is 124 Å². The molecule has 0 aliphatic carbocycles. The molecular weight excluding hydrogens is 260 g/mol. The Morgan fingerprint density at radius 1 is 1.19 bits per heavy atom. The Hall–Kier alpha value is -2.62. The number of aryl methyl sites for hydroxylation is 2. The van der Waals surface area contributed by atoms with Gasteiger partial charge in [0, 0.05) is 24.0 Å². The van der Waals surface area contributed by atoms with E-state index in [0.29, 0.717) is 5.82 Å². The lowest BCUT2D eigenvalue weighted by atomic mass is 10.1. The van der Waals surface area contributed by atoms with Crippen LogP contribution < -0.4 is 5.73 Å². The SMILES string of the molecule is CCc1cccc(-c2cc(N)n(-c3ccncc3C)n2)c1. The third kappa shape index (κ3) is 2.52. The van der Waals surface area contributed by atoms with Crippen LogP contribution in [0.25, 0.3) is 16.9 Å². The van der Waals surface area contributed by atoms with Crippen molar-refractivity contribution >= 4 is 5.82 Å². The number of nitrogens with two attached hydrogens (primary N) is 1. The molecule has 2 aromatic heterocycles. The van der Waals surface area contributed by atoms with E-state index < -0.39 is 0 Å². The largest absolute Gasteiger partial charge is 0.384 e. The topological polar surface area (TPSA) is 56.7 Å². The number of hydrogen-bond donors (Lipinski definition) is 1. The molecule has 0 amide bonds. The lowest BCUT2D eigenvalue weighted by Crippen LogP contribution is -2.03. The summed E-state index contributed by atoms with van der Waals surface area (Å²) in [6.07, 6.45) is 4.57. The zero-order valence-corrected chi connectivity index (χ0v) is 12.2. The molecule has 0 saturated carbocycles. The quantitative estimate of drug-likeness (QED) is 0.799. The number of anilines is 1. The molecule has 2 heterocycles. The summed E-state index contributed by atoms with van der Waals surface area (Å²) in [4.78, 5) is 4.11. The number of hydrogen-bond acceptors (Lipinski definition) is 3. The van der Waals surface area contributed by atoms with E-state index in [-0.39, 0.29) is 0 Å². The number of benzene rings is 1. The van der Waals surface area contributed by atoms with E-state index in [2.05, 4.69) is 41.3 Å². The van der Waals surface area contributed by atoms with E-state index in [4.69, 9.17) is 5.73 Å². The minimum atomic E-state index is 0.626. The van der Waals surface area contributed by atoms with Crippen molar-refractivity contribution in [2.24, 2.45) is 0 Å². The van der Waals surface area contributed by atoms with Crippen LogP contribution in [0.15, 0.2) is 48.8 Å². The highest BCUT2D eigenvalue weighted by Gasteiger charge is 2.10. The fourth-order valence-corrected chi connectivity index (χ4v) is 2.38. The van der Waals surface area contributed by atoms with E-state index >= 15 is 0 Å². The van der Waals surface area contributed by atoms with Gasteiger partial charge in [0.25, 0.3) is 0 Å². The highest BCUT2D eigenvalue weighted by Crippen LogP contribution is 2.24. The van der Waals surface area contributed by atoms with Gasteiger partial charge in [0.05, 0.1) is 11.4 Å². The Kier molecular flexibility index (Phi) is 3.44. The second-order valence-corrected chi connectivity index (χ2v) is 5.08. The first kappa shape index (κ1) is 13.4. The highest BCUT2D eigenvalue weighted by molar-refractivity contribution is 5.64. The Balaban J connectivity index is 2.07. The fraction of sp³-hybridized carbons (Fsp3) is 0.176. The zero-order chi connectivity index (χ0) is 14.8. The first-order valence-corrected chi connectivity index (χ1v) is 7.05. The fourth-order valence-electron chi connectivity index (χ4n) is 2.38. The van der Waals surface area contributed by atoms with E-state index in [1.807, 2.05) is 25.3 Å². The maximum Gasteiger partial charge on any atom is 0.127 e. The molecule has 0 spiro atoms. The standard InChI is InChI=1S/C17H18N4/c1-3-13-5-4-6-14(9-13)15-10-17(18)21(20-15)16-7-8-19-11-12(16)2/h4-11H,3,18H2,1-2H3. The van der Waals surface area contributed by atoms with Crippen molar-refractivity contribution in [2.75, 3.05) is 5.73 Å². The molecule has 106 valence electrons. The van der Waals surface area contributed by atoms with Crippen molar-refractivity contribution in [3.63, 3.8) is 0 Å². The van der Waals surface area contributed by atoms with E-state index in [1.54, 1.807) is 10.9 Å². The summed E-state index contributed by atoms with van der Waals surface area (Å²) in [6, 6.07) is 12.2. The molecule has 0 unspecified atom stereocenters. The molecule has 0 atom stereocenters. The van der Waals surface area contributed by atoms with E-state index in [0.717, 1.165) is 28.9 Å². The van der Waals surface area contributed by atoms with Crippen LogP contribution in [0.2, 0.25) is 0 Å². The molecule has 0 aliphatic rings. The molecule has 0 saturated heterocycles. The van der Waals surface area contributed by atoms with Gasteiger partial charge in [-0.15, -0.1) is 0 Å². The molecule has 2 N–H and O–H groups in total. The van der Waals surface area contributed by atoms with Gasteiger partial charge in [-0.1, -0.05) is 25.1 Å². The minimum absolute atomic E-state index is 0.626. The van der Waals surface area contributed by atoms with Crippen LogP contribution >= 0.6 is 0 Å². The van der Waals surface area contributed by atoms with Crippen LogP contribution in [0.5, 0.6) is 0 Å². The summed E-state index contributed by atoms with van der Waals surface area (Å²) in [7, 11) is 0. The third-order valence-corrected chi connectivity index (χ3v) is 3.59. The van der Waals surface area contributed by atoms with Crippen LogP contribution in [-0.4, -0.2) is 14.8 Å². The maximum atomic E-state index is 6.13. The van der Waals surface area contributed by atoms with E-state index in [1.165, 1.54) is 5.56 Å². The van der Waals surface area contributed by atoms with Gasteiger partial charge in [0.15, 0.2) is 0 Å². The Morgan fingerprint density at radius 3 is 2.81 bits per heavy atom. The molecule has 4 heteroatoms. The van der Waals surface area contributed by atoms with Gasteiger partial charge in [0.1, 0.15) is 5.82 Å². The molecule has 0 fully saturated rings. The first-order chi connectivity index (χ1) is 10.2. The average Bonchev–Trinajstić information content (AvgIpc) is 2.90. The summed E-state index contributed by atoms with van der Waals surface area (Å²) in [5.74, 6) is 0.626. The maximum absolute atomic E-state index is 6.13. The van der Waals surface area contributed by atoms with Crippen LogP contribution in [0.4, 0.5) is 5.82 Å². The Morgan fingerprint density at radius 2 is 2.05 bits per heavy atom. The number of nitrogen functional groups attached to an aromatic ring is 1. The van der Waals surface area contributed by atoms with Crippen molar-refractivity contribution in [3.05, 3.63) is 59.9 Å². The van der Waals surface area contributed by atoms with Crippen molar-refractivity contribution in [1.29, 1.82) is 0 Å². The normalized spacial score (nSPS) is 10.8. The van der Waals surface area contributed by atoms with Crippen LogP contribution in [0.3, 0.4) is 0 Å². The lowest BCUT2D eigenvalue weighted by molar-refractivity contribution is 0.883. The number of aromatic nitrogens is 3. The van der Waals surface area contributed by atoms with Crippen molar-refractivity contribution in [3.8, 4) is 16.9 Å². The van der Waals surface area contributed by atoms with Gasteiger partial charge in [-0.3, -0.25) is 4.98 Å². The van der Waals surface area contributed by atoms with Crippen molar-refractivity contribution in [1.82, 2.24) is 14.8 Å². The van der Waals surface area contributed by atoms with Gasteiger partial charge >= 0.3 is 0 Å². The second-order valence-electron chi connectivity index (χ2n) is 5.08. The summed E-state index contributed by atoms with van der Waals surface area (Å²) >= 11 is 0. The number of pyridine rings is 1. The average molecular weight is 278 g/mol. The lowest BCUT2D eigenvalue weighted by Gasteiger charge is -2.06. The summed E-state index contributed by atoms with van der Waals surface area (Å²) in [5.41, 5.74) is 11.4. The van der Waals surface area contributed by atoms with E-state index in [9.17, 15) is 0 Å². The van der Waals surface area contributed by atoms with Gasteiger partial charge in [-0.05, 0) is 36.6 Å². The summed E-state index contributed by atoms with van der Waals surface area (Å²) in [5, 5.41) is 4.65. The molecular formula is C17H18N4. The summed E-state index contributed by atoms with van der Waals surface area (Å²) in [6.45, 7) is 4.15. The molecule has 21 heavy (non-hydrogen) atoms. The van der Waals surface area contributed by atoms with Gasteiger partial charge in [-0.2, -0.15) is 5.10 Å². The molecule has 0 aliphatic heterocycles. The first-order valence-electron chi connectivity index (χ1n) is 7.05. The Bertz CT molecular complexity index is 774. The zero-order valence-electron chi connectivity index (χ0n) is 12.2. The smallest absolute Gasteiger partial charge is 0.127 e. The van der Waals surface area contributed by atoms with Crippen molar-refractivity contribution in [2.45, 2.75) is 20.3 Å². The molecule has 4 nitrogen and oxygen atoms in total. The molecule has 1 aromatic carbocycles. The van der Waals surface area contributed by atoms with Gasteiger partial charge in [0.2, 0.25) is 0 Å². The van der Waals surface area contributed by atoms with Crippen LogP contribution in [0.1, 0.15) is 18.1 Å². The summed E-state index contributed by atoms with van der Waals surface area (Å²) < 4.78 is 1.77. The van der Waals surface area contributed by atoms with Gasteiger partial charge < -0.3 is 5.73 Å². The molecule has 3 rings (SSSR count). The van der Waals surface area contributed by atoms with Gasteiger partial charge in [-0.25, -0.2) is 4.68 Å². The van der Waals surface area contributed by atoms with Crippen LogP contribution in [0, 0.1) is 6.92 Å². The predicted octanol–water partition coefficient (Wildman–Crippen LogP) is 3.39. The second kappa shape index (κ2) is 5.40. The number of rotatable bonds is 3. The third-order valence-electron chi connectivity index (χ3n) is 3.59. The molecule has 0 radical (unpaired) electrons.